The van der Waals surface area contributed by atoms with E-state index in [0.29, 0.717) is 5.92 Å². The molecule has 17 heavy (non-hydrogen) atoms. The molecule has 0 bridgehead atoms. The molecule has 0 aromatic heterocycles. The molecule has 2 saturated heterocycles. The van der Waals surface area contributed by atoms with Crippen LogP contribution < -0.4 is 5.32 Å². The van der Waals surface area contributed by atoms with Gasteiger partial charge in [-0.25, -0.2) is 0 Å². The monoisotopic (exact) mass is 240 g/mol. The van der Waals surface area contributed by atoms with Crippen molar-refractivity contribution >= 4 is 5.91 Å². The molecule has 1 amide bonds. The first-order chi connectivity index (χ1) is 8.22. The van der Waals surface area contributed by atoms with Crippen LogP contribution in [0.1, 0.15) is 32.6 Å². The highest BCUT2D eigenvalue weighted by molar-refractivity contribution is 5.82. The van der Waals surface area contributed by atoms with E-state index in [4.69, 9.17) is 4.74 Å². The van der Waals surface area contributed by atoms with Crippen LogP contribution in [0.4, 0.5) is 0 Å². The molecule has 0 spiro atoms. The molecule has 0 radical (unpaired) electrons. The summed E-state index contributed by atoms with van der Waals surface area (Å²) in [5.41, 5.74) is 0. The lowest BCUT2D eigenvalue weighted by molar-refractivity contribution is -0.139. The molecule has 2 heterocycles. The fraction of sp³-hybridized carbons (Fsp3) is 0.923. The van der Waals surface area contributed by atoms with Gasteiger partial charge in [0.25, 0.3) is 0 Å². The number of nitrogens with zero attached hydrogens (tertiary/aromatic N) is 1. The van der Waals surface area contributed by atoms with E-state index < -0.39 is 0 Å². The second-order valence-electron chi connectivity index (χ2n) is 5.33. The normalized spacial score (nSPS) is 34.7. The number of likely N-dealkylation sites (tertiary alicyclic amines) is 1. The van der Waals surface area contributed by atoms with Gasteiger partial charge in [-0.2, -0.15) is 0 Å². The summed E-state index contributed by atoms with van der Waals surface area (Å²) in [6.07, 6.45) is 4.61. The molecule has 0 aromatic carbocycles. The smallest absolute Gasteiger partial charge is 0.239 e. The number of carbonyl (C=O) groups is 1. The first-order valence-electron chi connectivity index (χ1n) is 6.77. The predicted molar refractivity (Wildman–Crippen MR) is 66.8 cm³/mol. The summed E-state index contributed by atoms with van der Waals surface area (Å²) in [5, 5.41) is 3.33. The van der Waals surface area contributed by atoms with Crippen LogP contribution in [0.15, 0.2) is 0 Å². The van der Waals surface area contributed by atoms with Crippen molar-refractivity contribution < 1.29 is 9.53 Å². The highest BCUT2D eigenvalue weighted by Gasteiger charge is 2.32. The van der Waals surface area contributed by atoms with Gasteiger partial charge >= 0.3 is 0 Å². The van der Waals surface area contributed by atoms with Crippen molar-refractivity contribution in [2.24, 2.45) is 5.92 Å². The second kappa shape index (κ2) is 5.83. The Kier molecular flexibility index (Phi) is 4.40. The van der Waals surface area contributed by atoms with Gasteiger partial charge in [-0.1, -0.05) is 13.3 Å². The van der Waals surface area contributed by atoms with Crippen LogP contribution in [-0.4, -0.2) is 49.7 Å². The molecule has 2 unspecified atom stereocenters. The summed E-state index contributed by atoms with van der Waals surface area (Å²) in [5.74, 6) is 0.835. The zero-order valence-corrected chi connectivity index (χ0v) is 10.9. The van der Waals surface area contributed by atoms with Crippen LogP contribution in [-0.2, 0) is 9.53 Å². The fourth-order valence-electron chi connectivity index (χ4n) is 2.82. The summed E-state index contributed by atoms with van der Waals surface area (Å²) >= 11 is 0. The average Bonchev–Trinajstić information content (AvgIpc) is 2.39. The van der Waals surface area contributed by atoms with E-state index in [0.717, 1.165) is 32.5 Å². The third-order valence-corrected chi connectivity index (χ3v) is 4.11. The molecule has 2 rings (SSSR count). The number of methoxy groups -OCH3 is 1. The molecule has 0 aromatic rings. The largest absolute Gasteiger partial charge is 0.379 e. The number of hydrogen-bond donors (Lipinski definition) is 1. The Bertz CT molecular complexity index is 264. The predicted octanol–water partition coefficient (Wildman–Crippen LogP) is 1.01. The summed E-state index contributed by atoms with van der Waals surface area (Å²) < 4.78 is 5.46. The van der Waals surface area contributed by atoms with Gasteiger partial charge in [0.05, 0.1) is 12.1 Å². The van der Waals surface area contributed by atoms with Gasteiger partial charge in [0.15, 0.2) is 0 Å². The van der Waals surface area contributed by atoms with Crippen molar-refractivity contribution in [3.8, 4) is 0 Å². The van der Waals surface area contributed by atoms with E-state index in [9.17, 15) is 4.79 Å². The zero-order chi connectivity index (χ0) is 12.3. The Morgan fingerprint density at radius 1 is 1.35 bits per heavy atom. The number of nitrogens with one attached hydrogen (secondary N) is 1. The summed E-state index contributed by atoms with van der Waals surface area (Å²) in [4.78, 5) is 14.3. The minimum Gasteiger partial charge on any atom is -0.379 e. The maximum atomic E-state index is 12.3. The molecule has 98 valence electrons. The Balaban J connectivity index is 1.90. The topological polar surface area (TPSA) is 41.6 Å². The third kappa shape index (κ3) is 2.99. The molecule has 0 saturated carbocycles. The molecular formula is C13H24N2O2. The molecule has 0 aliphatic carbocycles. The van der Waals surface area contributed by atoms with Gasteiger partial charge in [0, 0.05) is 20.2 Å². The third-order valence-electron chi connectivity index (χ3n) is 4.11. The van der Waals surface area contributed by atoms with Gasteiger partial charge in [0.2, 0.25) is 5.91 Å². The summed E-state index contributed by atoms with van der Waals surface area (Å²) in [7, 11) is 1.74. The Morgan fingerprint density at radius 3 is 2.82 bits per heavy atom. The number of rotatable bonds is 2. The quantitative estimate of drug-likeness (QED) is 0.783. The van der Waals surface area contributed by atoms with E-state index in [1.807, 2.05) is 4.90 Å². The number of amides is 1. The average molecular weight is 240 g/mol. The number of ether oxygens (including phenoxy) is 1. The summed E-state index contributed by atoms with van der Waals surface area (Å²) in [6.45, 7) is 4.83. The number of carbonyl (C=O) groups excluding carboxylic acids is 1. The maximum absolute atomic E-state index is 12.3. The van der Waals surface area contributed by atoms with E-state index in [1.54, 1.807) is 7.11 Å². The SMILES string of the molecule is COC1CN(C(=O)[C@H]2CCCCN2)CCC1C. The van der Waals surface area contributed by atoms with E-state index in [1.165, 1.54) is 12.8 Å². The van der Waals surface area contributed by atoms with Crippen molar-refractivity contribution in [2.75, 3.05) is 26.7 Å². The van der Waals surface area contributed by atoms with Gasteiger partial charge in [-0.05, 0) is 31.7 Å². The summed E-state index contributed by atoms with van der Waals surface area (Å²) in [6, 6.07) is 0.0506. The van der Waals surface area contributed by atoms with Crippen molar-refractivity contribution in [3.63, 3.8) is 0 Å². The molecule has 4 nitrogen and oxygen atoms in total. The van der Waals surface area contributed by atoms with Crippen molar-refractivity contribution in [1.82, 2.24) is 10.2 Å². The fourth-order valence-corrected chi connectivity index (χ4v) is 2.82. The zero-order valence-electron chi connectivity index (χ0n) is 10.9. The Labute approximate surface area is 104 Å². The van der Waals surface area contributed by atoms with Crippen LogP contribution in [0.2, 0.25) is 0 Å². The van der Waals surface area contributed by atoms with Crippen molar-refractivity contribution in [3.05, 3.63) is 0 Å². The molecule has 4 heteroatoms. The molecule has 2 aliphatic rings. The first kappa shape index (κ1) is 12.8. The standard InChI is InChI=1S/C13H24N2O2/c1-10-6-8-15(9-12(10)17-2)13(16)11-5-3-4-7-14-11/h10-12,14H,3-9H2,1-2H3/t10?,11-,12?/m1/s1. The number of piperidine rings is 2. The molecule has 2 fully saturated rings. The lowest BCUT2D eigenvalue weighted by atomic mass is 9.94. The molecule has 1 N–H and O–H groups in total. The van der Waals surface area contributed by atoms with Crippen molar-refractivity contribution in [2.45, 2.75) is 44.8 Å². The molecular weight excluding hydrogens is 216 g/mol. The van der Waals surface area contributed by atoms with Crippen LogP contribution in [0, 0.1) is 5.92 Å². The van der Waals surface area contributed by atoms with Gasteiger partial charge in [0.1, 0.15) is 0 Å². The van der Waals surface area contributed by atoms with Crippen LogP contribution in [0.5, 0.6) is 0 Å². The second-order valence-corrected chi connectivity index (χ2v) is 5.33. The Morgan fingerprint density at radius 2 is 2.18 bits per heavy atom. The van der Waals surface area contributed by atoms with Crippen LogP contribution in [0.25, 0.3) is 0 Å². The van der Waals surface area contributed by atoms with Gasteiger partial charge in [-0.15, -0.1) is 0 Å². The lowest BCUT2D eigenvalue weighted by Crippen LogP contribution is -2.54. The van der Waals surface area contributed by atoms with Gasteiger partial charge < -0.3 is 15.0 Å². The highest BCUT2D eigenvalue weighted by Crippen LogP contribution is 2.21. The maximum Gasteiger partial charge on any atom is 0.239 e. The highest BCUT2D eigenvalue weighted by atomic mass is 16.5. The first-order valence-corrected chi connectivity index (χ1v) is 6.77. The van der Waals surface area contributed by atoms with Gasteiger partial charge in [-0.3, -0.25) is 4.79 Å². The Hall–Kier alpha value is -0.610. The minimum absolute atomic E-state index is 0.0506. The number of hydrogen-bond acceptors (Lipinski definition) is 3. The van der Waals surface area contributed by atoms with Crippen LogP contribution >= 0.6 is 0 Å². The van der Waals surface area contributed by atoms with Crippen molar-refractivity contribution in [1.29, 1.82) is 0 Å². The molecule has 3 atom stereocenters. The molecule has 2 aliphatic heterocycles. The van der Waals surface area contributed by atoms with Crippen LogP contribution in [0.3, 0.4) is 0 Å². The van der Waals surface area contributed by atoms with E-state index in [-0.39, 0.29) is 18.1 Å². The minimum atomic E-state index is 0.0506. The lowest BCUT2D eigenvalue weighted by Gasteiger charge is -2.38. The van der Waals surface area contributed by atoms with E-state index in [2.05, 4.69) is 12.2 Å². The van der Waals surface area contributed by atoms with E-state index >= 15 is 0 Å².